The van der Waals surface area contributed by atoms with E-state index in [0.717, 1.165) is 16.1 Å². The lowest BCUT2D eigenvalue weighted by Crippen LogP contribution is -2.38. The molecule has 164 valence electrons. The van der Waals surface area contributed by atoms with Crippen molar-refractivity contribution < 1.29 is 17.2 Å². The Labute approximate surface area is 191 Å². The number of hydrogen-bond donors (Lipinski definition) is 1. The number of hydrogen-bond acceptors (Lipinski definition) is 4. The van der Waals surface area contributed by atoms with E-state index in [9.17, 15) is 17.2 Å². The van der Waals surface area contributed by atoms with Crippen molar-refractivity contribution in [3.05, 3.63) is 70.5 Å². The summed E-state index contributed by atoms with van der Waals surface area (Å²) < 4.78 is 54.4. The second kappa shape index (κ2) is 7.13. The first-order chi connectivity index (χ1) is 15.1. The lowest BCUT2D eigenvalue weighted by atomic mass is 10.0. The summed E-state index contributed by atoms with van der Waals surface area (Å²) in [5.74, 6) is -1.79. The lowest BCUT2D eigenvalue weighted by molar-refractivity contribution is 0.510. The molecule has 5 rings (SSSR count). The van der Waals surface area contributed by atoms with Crippen LogP contribution in [0.15, 0.2) is 58.9 Å². The molecule has 0 spiro atoms. The Kier molecular flexibility index (Phi) is 4.70. The number of rotatable bonds is 3. The molecular formula is C21H14Cl2F2N4O2S. The molecule has 0 saturated heterocycles. The molecule has 11 heteroatoms. The highest BCUT2D eigenvalue weighted by Crippen LogP contribution is 2.39. The van der Waals surface area contributed by atoms with Crippen molar-refractivity contribution in [1.29, 1.82) is 0 Å². The molecule has 1 N–H and O–H groups in total. The minimum atomic E-state index is -4.05. The number of nitrogens with zero attached hydrogens (tertiary/aromatic N) is 3. The third-order valence-electron chi connectivity index (χ3n) is 5.51. The number of aromatic nitrogens is 4. The Morgan fingerprint density at radius 2 is 1.94 bits per heavy atom. The van der Waals surface area contributed by atoms with Gasteiger partial charge in [0.15, 0.2) is 17.3 Å². The molecule has 1 atom stereocenters. The van der Waals surface area contributed by atoms with Crippen LogP contribution in [0, 0.1) is 11.6 Å². The molecule has 6 nitrogen and oxygen atoms in total. The highest BCUT2D eigenvalue weighted by Gasteiger charge is 2.41. The SMILES string of the molecule is CC1(S(=O)(=O)n2cc(-c3nc4cc(F)c(F)cc4[nH]3)c3cccnc32)C=C(Cl)C(Cl)=CC1. The van der Waals surface area contributed by atoms with E-state index in [1.54, 1.807) is 25.1 Å². The van der Waals surface area contributed by atoms with E-state index >= 15 is 0 Å². The van der Waals surface area contributed by atoms with Gasteiger partial charge in [-0.2, -0.15) is 0 Å². The van der Waals surface area contributed by atoms with E-state index in [2.05, 4.69) is 15.0 Å². The average Bonchev–Trinajstić information content (AvgIpc) is 3.33. The minimum absolute atomic E-state index is 0.120. The Bertz CT molecular complexity index is 1550. The standard InChI is InChI=1S/C21H14Cl2F2N4O2S/c1-21(5-4-13(22)14(23)9-21)32(30,31)29-10-12(11-3-2-6-26-20(11)29)19-27-17-7-15(24)16(25)8-18(17)28-19/h2-4,6-10H,5H2,1H3,(H,27,28). The van der Waals surface area contributed by atoms with Gasteiger partial charge in [-0.25, -0.2) is 31.1 Å². The lowest BCUT2D eigenvalue weighted by Gasteiger charge is -2.28. The first-order valence-electron chi connectivity index (χ1n) is 9.41. The van der Waals surface area contributed by atoms with Gasteiger partial charge in [0.05, 0.1) is 21.1 Å². The maximum Gasteiger partial charge on any atom is 0.249 e. The fourth-order valence-corrected chi connectivity index (χ4v) is 5.87. The van der Waals surface area contributed by atoms with E-state index in [-0.39, 0.29) is 39.0 Å². The zero-order chi connectivity index (χ0) is 22.8. The van der Waals surface area contributed by atoms with Gasteiger partial charge in [0.25, 0.3) is 0 Å². The van der Waals surface area contributed by atoms with Crippen LogP contribution in [-0.4, -0.2) is 32.1 Å². The van der Waals surface area contributed by atoms with Crippen LogP contribution in [0.1, 0.15) is 13.3 Å². The molecule has 1 aliphatic rings. The average molecular weight is 495 g/mol. The minimum Gasteiger partial charge on any atom is -0.338 e. The largest absolute Gasteiger partial charge is 0.338 e. The van der Waals surface area contributed by atoms with E-state index < -0.39 is 26.4 Å². The normalized spacial score (nSPS) is 19.4. The molecule has 1 unspecified atom stereocenters. The van der Waals surface area contributed by atoms with Crippen molar-refractivity contribution in [3.63, 3.8) is 0 Å². The Morgan fingerprint density at radius 3 is 2.69 bits per heavy atom. The van der Waals surface area contributed by atoms with Crippen LogP contribution >= 0.6 is 23.2 Å². The maximum atomic E-state index is 13.7. The van der Waals surface area contributed by atoms with Gasteiger partial charge in [-0.15, -0.1) is 0 Å². The number of aromatic amines is 1. The van der Waals surface area contributed by atoms with Crippen LogP contribution in [-0.2, 0) is 10.0 Å². The topological polar surface area (TPSA) is 80.6 Å². The van der Waals surface area contributed by atoms with E-state index in [4.69, 9.17) is 23.2 Å². The molecule has 0 saturated carbocycles. The van der Waals surface area contributed by atoms with Gasteiger partial charge in [0.2, 0.25) is 10.0 Å². The van der Waals surface area contributed by atoms with Crippen molar-refractivity contribution in [2.24, 2.45) is 0 Å². The number of halogens is 4. The number of fused-ring (bicyclic) bond motifs is 2. The van der Waals surface area contributed by atoms with Gasteiger partial charge in [0, 0.05) is 35.5 Å². The number of benzene rings is 1. The Morgan fingerprint density at radius 1 is 1.19 bits per heavy atom. The summed E-state index contributed by atoms with van der Waals surface area (Å²) in [5, 5.41) is 0.936. The summed E-state index contributed by atoms with van der Waals surface area (Å²) in [6.45, 7) is 1.55. The van der Waals surface area contributed by atoms with E-state index in [0.29, 0.717) is 10.9 Å². The third-order valence-corrected chi connectivity index (χ3v) is 8.53. The molecule has 0 radical (unpaired) electrons. The summed E-state index contributed by atoms with van der Waals surface area (Å²) in [6.07, 6.45) is 5.96. The maximum absolute atomic E-state index is 13.7. The molecular weight excluding hydrogens is 481 g/mol. The molecule has 4 aromatic rings. The zero-order valence-corrected chi connectivity index (χ0v) is 18.7. The van der Waals surface area contributed by atoms with Crippen molar-refractivity contribution >= 4 is 55.3 Å². The predicted molar refractivity (Wildman–Crippen MR) is 120 cm³/mol. The Hall–Kier alpha value is -2.75. The summed E-state index contributed by atoms with van der Waals surface area (Å²) in [5.41, 5.74) is 1.09. The van der Waals surface area contributed by atoms with Crippen molar-refractivity contribution in [2.75, 3.05) is 0 Å². The molecule has 0 fully saturated rings. The van der Waals surface area contributed by atoms with Crippen LogP contribution in [0.25, 0.3) is 33.5 Å². The van der Waals surface area contributed by atoms with Crippen molar-refractivity contribution in [2.45, 2.75) is 18.1 Å². The highest BCUT2D eigenvalue weighted by molar-refractivity contribution is 7.91. The second-order valence-corrected chi connectivity index (χ2v) is 10.7. The number of nitrogens with one attached hydrogen (secondary N) is 1. The van der Waals surface area contributed by atoms with Crippen LogP contribution in [0.3, 0.4) is 0 Å². The van der Waals surface area contributed by atoms with Gasteiger partial charge in [-0.1, -0.05) is 29.3 Å². The van der Waals surface area contributed by atoms with Crippen LogP contribution in [0.4, 0.5) is 8.78 Å². The summed E-state index contributed by atoms with van der Waals surface area (Å²) in [6, 6.07) is 5.33. The molecule has 0 amide bonds. The summed E-state index contributed by atoms with van der Waals surface area (Å²) in [7, 11) is -4.05. The highest BCUT2D eigenvalue weighted by atomic mass is 35.5. The van der Waals surface area contributed by atoms with Crippen molar-refractivity contribution in [3.8, 4) is 11.4 Å². The van der Waals surface area contributed by atoms with Gasteiger partial charge in [-0.05, 0) is 31.6 Å². The van der Waals surface area contributed by atoms with E-state index in [1.807, 2.05) is 0 Å². The smallest absolute Gasteiger partial charge is 0.249 e. The Balaban J connectivity index is 1.73. The zero-order valence-electron chi connectivity index (χ0n) is 16.4. The number of pyridine rings is 1. The fourth-order valence-electron chi connectivity index (χ4n) is 3.73. The van der Waals surface area contributed by atoms with E-state index in [1.165, 1.54) is 18.5 Å². The number of allylic oxidation sites excluding steroid dienone is 3. The first-order valence-corrected chi connectivity index (χ1v) is 11.6. The molecule has 1 aromatic carbocycles. The van der Waals surface area contributed by atoms with Gasteiger partial charge in [-0.3, -0.25) is 0 Å². The summed E-state index contributed by atoms with van der Waals surface area (Å²) in [4.78, 5) is 11.5. The van der Waals surface area contributed by atoms with Gasteiger partial charge >= 0.3 is 0 Å². The molecule has 0 aliphatic heterocycles. The van der Waals surface area contributed by atoms with Gasteiger partial charge in [0.1, 0.15) is 10.6 Å². The third kappa shape index (κ3) is 3.07. The van der Waals surface area contributed by atoms with Gasteiger partial charge < -0.3 is 4.98 Å². The van der Waals surface area contributed by atoms with Crippen molar-refractivity contribution in [1.82, 2.24) is 18.9 Å². The monoisotopic (exact) mass is 494 g/mol. The molecule has 0 bridgehead atoms. The van der Waals surface area contributed by atoms with Crippen LogP contribution in [0.2, 0.25) is 0 Å². The summed E-state index contributed by atoms with van der Waals surface area (Å²) >= 11 is 12.1. The molecule has 1 aliphatic carbocycles. The number of imidazole rings is 1. The molecule has 32 heavy (non-hydrogen) atoms. The van der Waals surface area contributed by atoms with Crippen LogP contribution in [0.5, 0.6) is 0 Å². The second-order valence-electron chi connectivity index (χ2n) is 7.65. The quantitative estimate of drug-likeness (QED) is 0.410. The first kappa shape index (κ1) is 21.1. The number of H-pyrrole nitrogens is 1. The molecule has 3 aromatic heterocycles. The van der Waals surface area contributed by atoms with Crippen LogP contribution < -0.4 is 0 Å². The fraction of sp³-hybridized carbons (Fsp3) is 0.143. The molecule has 3 heterocycles. The predicted octanol–water partition coefficient (Wildman–Crippen LogP) is 5.44.